The minimum absolute atomic E-state index is 0.0772. The maximum Gasteiger partial charge on any atom is 0.332 e. The number of aliphatic hydroxyl groups is 2. The van der Waals surface area contributed by atoms with Gasteiger partial charge >= 0.3 is 11.9 Å². The van der Waals surface area contributed by atoms with Crippen LogP contribution < -0.4 is 0 Å². The maximum atomic E-state index is 12.8. The normalized spacial score (nSPS) is 46.6. The molecule has 8 nitrogen and oxygen atoms in total. The fraction of sp³-hybridized carbons (Fsp3) is 0.815. The summed E-state index contributed by atoms with van der Waals surface area (Å²) in [5.41, 5.74) is -2.62. The summed E-state index contributed by atoms with van der Waals surface area (Å²) < 4.78 is 15.9. The molecule has 4 aliphatic carbocycles. The van der Waals surface area contributed by atoms with E-state index in [9.17, 15) is 24.6 Å². The highest BCUT2D eigenvalue weighted by Crippen LogP contribution is 2.70. The average molecular weight is 491 g/mol. The molecule has 8 heteroatoms. The quantitative estimate of drug-likeness (QED) is 0.431. The molecule has 1 heterocycles. The second kappa shape index (κ2) is 8.67. The fourth-order valence-corrected chi connectivity index (χ4v) is 8.82. The van der Waals surface area contributed by atoms with Gasteiger partial charge in [-0.05, 0) is 81.6 Å². The zero-order valence-electron chi connectivity index (χ0n) is 20.8. The Morgan fingerprint density at radius 1 is 1.14 bits per heavy atom. The Labute approximate surface area is 206 Å². The average Bonchev–Trinajstić information content (AvgIpc) is 3.37. The van der Waals surface area contributed by atoms with E-state index in [2.05, 4.69) is 6.92 Å². The molecule has 1 aliphatic heterocycles. The van der Waals surface area contributed by atoms with E-state index >= 15 is 0 Å². The van der Waals surface area contributed by atoms with E-state index < -0.39 is 34.1 Å². The van der Waals surface area contributed by atoms with Crippen LogP contribution in [0.3, 0.4) is 0 Å². The molecule has 0 amide bonds. The van der Waals surface area contributed by atoms with Gasteiger partial charge in [0, 0.05) is 24.5 Å². The van der Waals surface area contributed by atoms with Crippen molar-refractivity contribution < 1.29 is 38.8 Å². The van der Waals surface area contributed by atoms with Crippen LogP contribution in [0.1, 0.15) is 71.6 Å². The lowest BCUT2D eigenvalue weighted by atomic mass is 9.41. The molecule has 0 radical (unpaired) electrons. The number of carbonyl (C=O) groups excluding carboxylic acids is 3. The molecule has 5 rings (SSSR count). The van der Waals surface area contributed by atoms with Crippen molar-refractivity contribution in [1.82, 2.24) is 0 Å². The van der Waals surface area contributed by atoms with Gasteiger partial charge in [0.1, 0.15) is 25.6 Å². The Morgan fingerprint density at radius 3 is 2.60 bits per heavy atom. The molecule has 4 saturated carbocycles. The van der Waals surface area contributed by atoms with Crippen LogP contribution in [-0.2, 0) is 28.6 Å². The van der Waals surface area contributed by atoms with Crippen molar-refractivity contribution in [2.75, 3.05) is 19.8 Å². The molecule has 0 bridgehead atoms. The summed E-state index contributed by atoms with van der Waals surface area (Å²) in [6, 6.07) is 0. The summed E-state index contributed by atoms with van der Waals surface area (Å²) in [4.78, 5) is 36.6. The number of rotatable bonds is 6. The van der Waals surface area contributed by atoms with E-state index in [-0.39, 0.29) is 36.8 Å². The van der Waals surface area contributed by atoms with Crippen molar-refractivity contribution in [3.8, 4) is 0 Å². The molecule has 194 valence electrons. The molecule has 35 heavy (non-hydrogen) atoms. The van der Waals surface area contributed by atoms with E-state index in [1.54, 1.807) is 13.0 Å². The summed E-state index contributed by atoms with van der Waals surface area (Å²) >= 11 is 0. The topological polar surface area (TPSA) is 119 Å². The minimum Gasteiger partial charge on any atom is -0.461 e. The van der Waals surface area contributed by atoms with Gasteiger partial charge in [0.2, 0.25) is 0 Å². The highest BCUT2D eigenvalue weighted by molar-refractivity contribution is 5.85. The third kappa shape index (κ3) is 3.54. The first-order valence-electron chi connectivity index (χ1n) is 13.2. The second-order valence-electron chi connectivity index (χ2n) is 11.7. The van der Waals surface area contributed by atoms with Gasteiger partial charge in [-0.2, -0.15) is 0 Å². The molecule has 4 fully saturated rings. The third-order valence-corrected chi connectivity index (χ3v) is 10.6. The fourth-order valence-electron chi connectivity index (χ4n) is 8.82. The summed E-state index contributed by atoms with van der Waals surface area (Å²) in [7, 11) is 0. The van der Waals surface area contributed by atoms with Crippen LogP contribution in [0, 0.1) is 28.6 Å². The number of ether oxygens (including phenoxy) is 3. The Kier molecular flexibility index (Phi) is 6.17. The number of cyclic esters (lactones) is 1. The minimum atomic E-state index is -1.26. The van der Waals surface area contributed by atoms with Gasteiger partial charge in [0.25, 0.3) is 0 Å². The van der Waals surface area contributed by atoms with E-state index in [4.69, 9.17) is 14.2 Å². The number of hydrogen-bond donors (Lipinski definition) is 2. The number of fused-ring (bicyclic) bond motifs is 5. The molecule has 2 N–H and O–H groups in total. The van der Waals surface area contributed by atoms with Crippen molar-refractivity contribution in [3.63, 3.8) is 0 Å². The molecule has 0 aromatic rings. The van der Waals surface area contributed by atoms with Crippen LogP contribution in [0.4, 0.5) is 0 Å². The standard InChI is InChI=1S/C27H38O8/c1-3-33-15-23(30)35-18-4-9-25(16-28)20-5-8-24(2)19(17-12-22(29)34-14-17)7-11-27(24,32)21(20)6-10-26(25,31)13-18/h12,16,18-21,31-32H,3-11,13-15H2,1-2H3/t18-,19+,20?,21?,24+,25-,26-,27-/m0/s1. The first kappa shape index (κ1) is 24.9. The van der Waals surface area contributed by atoms with Gasteiger partial charge in [-0.3, -0.25) is 0 Å². The van der Waals surface area contributed by atoms with E-state index in [1.165, 1.54) is 0 Å². The highest BCUT2D eigenvalue weighted by Gasteiger charge is 2.71. The van der Waals surface area contributed by atoms with Crippen molar-refractivity contribution in [2.24, 2.45) is 28.6 Å². The van der Waals surface area contributed by atoms with Crippen LogP contribution in [-0.4, -0.2) is 65.6 Å². The van der Waals surface area contributed by atoms with Gasteiger partial charge in [-0.15, -0.1) is 0 Å². The molecule has 5 aliphatic rings. The molecular formula is C27H38O8. The van der Waals surface area contributed by atoms with Crippen LogP contribution >= 0.6 is 0 Å². The lowest BCUT2D eigenvalue weighted by Gasteiger charge is -2.65. The molecule has 0 spiro atoms. The predicted molar refractivity (Wildman–Crippen MR) is 124 cm³/mol. The van der Waals surface area contributed by atoms with Gasteiger partial charge in [-0.1, -0.05) is 6.92 Å². The van der Waals surface area contributed by atoms with Gasteiger partial charge in [-0.25, -0.2) is 9.59 Å². The van der Waals surface area contributed by atoms with Crippen LogP contribution in [0.5, 0.6) is 0 Å². The zero-order chi connectivity index (χ0) is 25.1. The number of esters is 2. The van der Waals surface area contributed by atoms with Crippen molar-refractivity contribution in [1.29, 1.82) is 0 Å². The van der Waals surface area contributed by atoms with Crippen LogP contribution in [0.2, 0.25) is 0 Å². The summed E-state index contributed by atoms with van der Waals surface area (Å²) in [6.45, 7) is 4.54. The second-order valence-corrected chi connectivity index (χ2v) is 11.7. The summed E-state index contributed by atoms with van der Waals surface area (Å²) in [6.07, 6.45) is 7.13. The molecule has 0 saturated heterocycles. The predicted octanol–water partition coefficient (Wildman–Crippen LogP) is 2.49. The van der Waals surface area contributed by atoms with Crippen LogP contribution in [0.15, 0.2) is 11.6 Å². The van der Waals surface area contributed by atoms with Crippen molar-refractivity contribution in [2.45, 2.75) is 88.9 Å². The number of aldehydes is 1. The van der Waals surface area contributed by atoms with Gasteiger partial charge in [0.05, 0.1) is 16.6 Å². The molecule has 0 aromatic carbocycles. The van der Waals surface area contributed by atoms with E-state index in [0.29, 0.717) is 45.3 Å². The number of carbonyl (C=O) groups is 3. The Morgan fingerprint density at radius 2 is 1.91 bits per heavy atom. The Hall–Kier alpha value is -1.77. The largest absolute Gasteiger partial charge is 0.461 e. The molecule has 0 aromatic heterocycles. The molecular weight excluding hydrogens is 452 g/mol. The Bertz CT molecular complexity index is 930. The van der Waals surface area contributed by atoms with Crippen molar-refractivity contribution in [3.05, 3.63) is 11.6 Å². The van der Waals surface area contributed by atoms with Crippen molar-refractivity contribution >= 4 is 18.2 Å². The lowest BCUT2D eigenvalue weighted by Crippen LogP contribution is -2.69. The first-order chi connectivity index (χ1) is 16.6. The van der Waals surface area contributed by atoms with Gasteiger partial charge < -0.3 is 29.2 Å². The maximum absolute atomic E-state index is 12.8. The first-order valence-corrected chi connectivity index (χ1v) is 13.2. The zero-order valence-corrected chi connectivity index (χ0v) is 20.8. The Balaban J connectivity index is 1.38. The summed E-state index contributed by atoms with van der Waals surface area (Å²) in [5.74, 6) is -0.919. The third-order valence-electron chi connectivity index (χ3n) is 10.6. The number of hydrogen-bond acceptors (Lipinski definition) is 8. The van der Waals surface area contributed by atoms with Crippen LogP contribution in [0.25, 0.3) is 0 Å². The lowest BCUT2D eigenvalue weighted by molar-refractivity contribution is -0.250. The molecule has 2 unspecified atom stereocenters. The molecule has 8 atom stereocenters. The van der Waals surface area contributed by atoms with E-state index in [0.717, 1.165) is 31.1 Å². The smallest absolute Gasteiger partial charge is 0.332 e. The monoisotopic (exact) mass is 490 g/mol. The van der Waals surface area contributed by atoms with E-state index in [1.807, 2.05) is 0 Å². The highest BCUT2D eigenvalue weighted by atomic mass is 16.6. The SMILES string of the molecule is CCOCC(=O)O[C@H]1CC[C@]2(C=O)C3CC[C@]4(C)[C@@H](C5=CC(=O)OC5)CC[C@]4(O)C3CC[C@]2(O)C1. The summed E-state index contributed by atoms with van der Waals surface area (Å²) in [5, 5.41) is 24.1. The van der Waals surface area contributed by atoms with Gasteiger partial charge in [0.15, 0.2) is 0 Å².